The molecule has 1 heterocycles. The van der Waals surface area contributed by atoms with Crippen LogP contribution in [0.4, 0.5) is 0 Å². The Balaban J connectivity index is 0.000000218. The summed E-state index contributed by atoms with van der Waals surface area (Å²) in [5, 5.41) is 7.42. The van der Waals surface area contributed by atoms with Crippen LogP contribution in [-0.4, -0.2) is 15.6 Å². The van der Waals surface area contributed by atoms with E-state index in [-0.39, 0.29) is 0 Å². The summed E-state index contributed by atoms with van der Waals surface area (Å²) in [5.74, 6) is -0.833. The van der Waals surface area contributed by atoms with E-state index in [2.05, 4.69) is 19.2 Å². The first-order valence-electron chi connectivity index (χ1n) is 3.30. The van der Waals surface area contributed by atoms with Crippen LogP contribution in [0.1, 0.15) is 12.5 Å². The average molecular weight is 155 g/mol. The minimum absolute atomic E-state index is 0.833. The van der Waals surface area contributed by atoms with Gasteiger partial charge in [0.15, 0.2) is 0 Å². The largest absolute Gasteiger partial charge is 0.481 e. The molecule has 0 amide bonds. The van der Waals surface area contributed by atoms with Gasteiger partial charge in [0.25, 0.3) is 5.97 Å². The molecule has 1 aromatic rings. The predicted molar refractivity (Wildman–Crippen MR) is 43.5 cm³/mol. The molecule has 0 spiro atoms. The summed E-state index contributed by atoms with van der Waals surface area (Å²) in [7, 11) is 2.02. The number of hydrogen-bond donors (Lipinski definition) is 1. The van der Waals surface area contributed by atoms with Crippen molar-refractivity contribution in [2.24, 2.45) is 7.05 Å². The summed E-state index contributed by atoms with van der Waals surface area (Å²) in [6.45, 7) is 3.17. The van der Waals surface area contributed by atoms with Gasteiger partial charge in [0.1, 0.15) is 0 Å². The standard InChI is InChI=1S/C6H9N.C2H4O2/c1-6-3-4-7(2)5-6;1-2(3)4/h3-5H,1-2H3;1H3,(H,3,4). The minimum atomic E-state index is -0.833. The van der Waals surface area contributed by atoms with Gasteiger partial charge < -0.3 is 9.67 Å². The van der Waals surface area contributed by atoms with Crippen molar-refractivity contribution in [3.63, 3.8) is 0 Å². The van der Waals surface area contributed by atoms with Crippen molar-refractivity contribution >= 4 is 5.97 Å². The number of hydrogen-bond acceptors (Lipinski definition) is 1. The van der Waals surface area contributed by atoms with E-state index in [0.717, 1.165) is 6.92 Å². The maximum absolute atomic E-state index is 9.00. The van der Waals surface area contributed by atoms with Crippen LogP contribution in [-0.2, 0) is 11.8 Å². The summed E-state index contributed by atoms with van der Waals surface area (Å²) >= 11 is 0. The zero-order valence-corrected chi connectivity index (χ0v) is 7.03. The fourth-order valence-electron chi connectivity index (χ4n) is 0.642. The van der Waals surface area contributed by atoms with Crippen LogP contribution < -0.4 is 0 Å². The number of rotatable bonds is 0. The summed E-state index contributed by atoms with van der Waals surface area (Å²) < 4.78 is 2.04. The topological polar surface area (TPSA) is 42.2 Å². The predicted octanol–water partition coefficient (Wildman–Crippen LogP) is 1.42. The Hall–Kier alpha value is -1.25. The highest BCUT2D eigenvalue weighted by molar-refractivity contribution is 5.62. The second-order valence-electron chi connectivity index (χ2n) is 2.37. The molecule has 0 aliphatic rings. The molecule has 11 heavy (non-hydrogen) atoms. The number of carboxylic acids is 1. The Morgan fingerprint density at radius 1 is 1.64 bits per heavy atom. The summed E-state index contributed by atoms with van der Waals surface area (Å²) in [5.41, 5.74) is 1.32. The van der Waals surface area contributed by atoms with Gasteiger partial charge in [0.2, 0.25) is 0 Å². The Kier molecular flexibility index (Phi) is 4.03. The average Bonchev–Trinajstić information content (AvgIpc) is 2.13. The third-order valence-electron chi connectivity index (χ3n) is 0.980. The lowest BCUT2D eigenvalue weighted by Crippen LogP contribution is -1.78. The zero-order valence-electron chi connectivity index (χ0n) is 7.03. The first-order chi connectivity index (χ1) is 5.02. The molecule has 0 aromatic carbocycles. The summed E-state index contributed by atoms with van der Waals surface area (Å²) in [4.78, 5) is 9.00. The second-order valence-corrected chi connectivity index (χ2v) is 2.37. The first kappa shape index (κ1) is 9.75. The second kappa shape index (κ2) is 4.55. The van der Waals surface area contributed by atoms with Crippen molar-refractivity contribution < 1.29 is 9.90 Å². The van der Waals surface area contributed by atoms with E-state index in [1.54, 1.807) is 0 Å². The van der Waals surface area contributed by atoms with Crippen LogP contribution in [0, 0.1) is 6.92 Å². The molecule has 1 rings (SSSR count). The van der Waals surface area contributed by atoms with Crippen molar-refractivity contribution in [1.29, 1.82) is 0 Å². The summed E-state index contributed by atoms with van der Waals surface area (Å²) in [6.07, 6.45) is 4.12. The van der Waals surface area contributed by atoms with Crippen molar-refractivity contribution in [3.05, 3.63) is 24.0 Å². The molecule has 0 aliphatic carbocycles. The number of aryl methyl sites for hydroxylation is 2. The van der Waals surface area contributed by atoms with Crippen LogP contribution in [0.3, 0.4) is 0 Å². The lowest BCUT2D eigenvalue weighted by Gasteiger charge is -1.80. The third kappa shape index (κ3) is 6.64. The monoisotopic (exact) mass is 155 g/mol. The fourth-order valence-corrected chi connectivity index (χ4v) is 0.642. The lowest BCUT2D eigenvalue weighted by atomic mass is 10.4. The van der Waals surface area contributed by atoms with Crippen LogP contribution in [0.25, 0.3) is 0 Å². The van der Waals surface area contributed by atoms with Crippen LogP contribution in [0.15, 0.2) is 18.5 Å². The Labute approximate surface area is 66.3 Å². The van der Waals surface area contributed by atoms with Crippen molar-refractivity contribution in [2.45, 2.75) is 13.8 Å². The van der Waals surface area contributed by atoms with E-state index >= 15 is 0 Å². The van der Waals surface area contributed by atoms with Gasteiger partial charge in [-0.1, -0.05) is 0 Å². The molecule has 3 heteroatoms. The maximum Gasteiger partial charge on any atom is 0.300 e. The van der Waals surface area contributed by atoms with E-state index < -0.39 is 5.97 Å². The van der Waals surface area contributed by atoms with Crippen molar-refractivity contribution in [3.8, 4) is 0 Å². The molecule has 0 atom stereocenters. The van der Waals surface area contributed by atoms with Crippen LogP contribution >= 0.6 is 0 Å². The molecule has 0 saturated heterocycles. The molecule has 1 N–H and O–H groups in total. The van der Waals surface area contributed by atoms with E-state index in [4.69, 9.17) is 9.90 Å². The lowest BCUT2D eigenvalue weighted by molar-refractivity contribution is -0.134. The molecule has 0 aliphatic heterocycles. The van der Waals surface area contributed by atoms with E-state index in [0.29, 0.717) is 0 Å². The Bertz CT molecular complexity index is 207. The molecular weight excluding hydrogens is 142 g/mol. The normalized spacial score (nSPS) is 8.27. The summed E-state index contributed by atoms with van der Waals surface area (Å²) in [6, 6.07) is 2.08. The molecule has 0 unspecified atom stereocenters. The number of aromatic nitrogens is 1. The number of aliphatic carboxylic acids is 1. The smallest absolute Gasteiger partial charge is 0.300 e. The van der Waals surface area contributed by atoms with Crippen LogP contribution in [0.5, 0.6) is 0 Å². The highest BCUT2D eigenvalue weighted by Gasteiger charge is 1.80. The van der Waals surface area contributed by atoms with Crippen molar-refractivity contribution in [2.75, 3.05) is 0 Å². The minimum Gasteiger partial charge on any atom is -0.481 e. The molecule has 0 saturated carbocycles. The van der Waals surface area contributed by atoms with Gasteiger partial charge in [0, 0.05) is 26.4 Å². The molecule has 0 fully saturated rings. The van der Waals surface area contributed by atoms with Gasteiger partial charge in [0.05, 0.1) is 0 Å². The van der Waals surface area contributed by atoms with Gasteiger partial charge in [-0.05, 0) is 18.6 Å². The number of nitrogens with zero attached hydrogens (tertiary/aromatic N) is 1. The SMILES string of the molecule is CC(=O)O.Cc1ccn(C)c1. The molecule has 0 bridgehead atoms. The third-order valence-corrected chi connectivity index (χ3v) is 0.980. The van der Waals surface area contributed by atoms with Gasteiger partial charge >= 0.3 is 0 Å². The molecule has 0 radical (unpaired) electrons. The Morgan fingerprint density at radius 2 is 2.09 bits per heavy atom. The van der Waals surface area contributed by atoms with E-state index in [9.17, 15) is 0 Å². The number of carboxylic acid groups (broad SMARTS) is 1. The Morgan fingerprint density at radius 3 is 2.18 bits per heavy atom. The quantitative estimate of drug-likeness (QED) is 0.615. The van der Waals surface area contributed by atoms with Crippen molar-refractivity contribution in [1.82, 2.24) is 4.57 Å². The highest BCUT2D eigenvalue weighted by atomic mass is 16.4. The molecule has 1 aromatic heterocycles. The van der Waals surface area contributed by atoms with Crippen LogP contribution in [0.2, 0.25) is 0 Å². The fraction of sp³-hybridized carbons (Fsp3) is 0.375. The van der Waals surface area contributed by atoms with Gasteiger partial charge in [-0.2, -0.15) is 0 Å². The van der Waals surface area contributed by atoms with Gasteiger partial charge in [-0.3, -0.25) is 4.79 Å². The first-order valence-corrected chi connectivity index (χ1v) is 3.30. The van der Waals surface area contributed by atoms with E-state index in [1.807, 2.05) is 17.8 Å². The highest BCUT2D eigenvalue weighted by Crippen LogP contribution is 1.93. The van der Waals surface area contributed by atoms with Gasteiger partial charge in [-0.15, -0.1) is 0 Å². The maximum atomic E-state index is 9.00. The molecule has 3 nitrogen and oxygen atoms in total. The number of carbonyl (C=O) groups is 1. The van der Waals surface area contributed by atoms with E-state index in [1.165, 1.54) is 5.56 Å². The molecule has 62 valence electrons. The zero-order chi connectivity index (χ0) is 8.85. The molecular formula is C8H13NO2. The van der Waals surface area contributed by atoms with Gasteiger partial charge in [-0.25, -0.2) is 0 Å².